The van der Waals surface area contributed by atoms with Crippen molar-refractivity contribution in [2.45, 2.75) is 25.7 Å². The number of piperidine rings is 1. The van der Waals surface area contributed by atoms with Crippen molar-refractivity contribution < 1.29 is 9.53 Å². The van der Waals surface area contributed by atoms with E-state index in [1.807, 2.05) is 24.1 Å². The molecule has 2 rings (SSSR count). The summed E-state index contributed by atoms with van der Waals surface area (Å²) < 4.78 is 5.44. The first-order valence-electron chi connectivity index (χ1n) is 8.83. The fourth-order valence-corrected chi connectivity index (χ4v) is 3.46. The third kappa shape index (κ3) is 5.38. The van der Waals surface area contributed by atoms with Gasteiger partial charge in [0.05, 0.1) is 7.11 Å². The third-order valence-corrected chi connectivity index (χ3v) is 4.77. The highest BCUT2D eigenvalue weighted by Crippen LogP contribution is 2.21. The second kappa shape index (κ2) is 9.48. The molecule has 0 spiro atoms. The maximum atomic E-state index is 11.9. The lowest BCUT2D eigenvalue weighted by molar-refractivity contribution is -0.129. The summed E-state index contributed by atoms with van der Waals surface area (Å²) in [5, 5.41) is 0. The van der Waals surface area contributed by atoms with Crippen molar-refractivity contribution >= 4 is 5.91 Å². The van der Waals surface area contributed by atoms with Crippen LogP contribution in [-0.4, -0.2) is 56.0 Å². The molecule has 1 fully saturated rings. The van der Waals surface area contributed by atoms with Crippen molar-refractivity contribution in [2.24, 2.45) is 5.92 Å². The van der Waals surface area contributed by atoms with E-state index in [1.165, 1.54) is 18.4 Å². The molecule has 1 aliphatic heterocycles. The molecule has 1 saturated heterocycles. The van der Waals surface area contributed by atoms with E-state index in [2.05, 4.69) is 23.6 Å². The van der Waals surface area contributed by atoms with Gasteiger partial charge in [0.25, 0.3) is 0 Å². The average Bonchev–Trinajstić information content (AvgIpc) is 2.60. The van der Waals surface area contributed by atoms with Crippen LogP contribution < -0.4 is 4.74 Å². The topological polar surface area (TPSA) is 32.8 Å². The van der Waals surface area contributed by atoms with Crippen molar-refractivity contribution in [3.05, 3.63) is 42.5 Å². The molecule has 0 N–H and O–H groups in total. The van der Waals surface area contributed by atoms with Gasteiger partial charge in [-0.3, -0.25) is 4.79 Å². The van der Waals surface area contributed by atoms with Crippen molar-refractivity contribution in [2.75, 3.05) is 40.3 Å². The molecule has 4 heteroatoms. The lowest BCUT2D eigenvalue weighted by atomic mass is 9.97. The van der Waals surface area contributed by atoms with Gasteiger partial charge in [0.1, 0.15) is 5.75 Å². The molecule has 0 aromatic heterocycles. The number of hydrogen-bond donors (Lipinski definition) is 0. The smallest absolute Gasteiger partial charge is 0.226 e. The lowest BCUT2D eigenvalue weighted by Gasteiger charge is -2.34. The Labute approximate surface area is 146 Å². The fourth-order valence-electron chi connectivity index (χ4n) is 3.46. The van der Waals surface area contributed by atoms with Gasteiger partial charge in [-0.05, 0) is 43.4 Å². The molecule has 0 bridgehead atoms. The van der Waals surface area contributed by atoms with Gasteiger partial charge in [-0.15, -0.1) is 6.58 Å². The van der Waals surface area contributed by atoms with Gasteiger partial charge in [0.2, 0.25) is 5.91 Å². The number of rotatable bonds is 8. The zero-order valence-electron chi connectivity index (χ0n) is 15.0. The number of amides is 1. The van der Waals surface area contributed by atoms with Gasteiger partial charge in [-0.1, -0.05) is 24.3 Å². The quantitative estimate of drug-likeness (QED) is 0.687. The zero-order valence-corrected chi connectivity index (χ0v) is 15.0. The van der Waals surface area contributed by atoms with Crippen LogP contribution in [0, 0.1) is 5.92 Å². The molecule has 0 unspecified atom stereocenters. The Bertz CT molecular complexity index is 544. The summed E-state index contributed by atoms with van der Waals surface area (Å²) in [7, 11) is 3.63. The summed E-state index contributed by atoms with van der Waals surface area (Å²) >= 11 is 0. The highest BCUT2D eigenvalue weighted by Gasteiger charge is 2.22. The van der Waals surface area contributed by atoms with Crippen LogP contribution in [-0.2, 0) is 11.2 Å². The molecule has 1 amide bonds. The van der Waals surface area contributed by atoms with Gasteiger partial charge in [0.15, 0.2) is 0 Å². The fraction of sp³-hybridized carbons (Fsp3) is 0.550. The van der Waals surface area contributed by atoms with E-state index in [4.69, 9.17) is 4.74 Å². The van der Waals surface area contributed by atoms with E-state index in [1.54, 1.807) is 13.2 Å². The van der Waals surface area contributed by atoms with Crippen LogP contribution in [0.4, 0.5) is 0 Å². The minimum absolute atomic E-state index is 0.163. The maximum absolute atomic E-state index is 11.9. The monoisotopic (exact) mass is 330 g/mol. The summed E-state index contributed by atoms with van der Waals surface area (Å²) in [4.78, 5) is 16.3. The molecule has 1 aromatic rings. The van der Waals surface area contributed by atoms with Crippen LogP contribution >= 0.6 is 0 Å². The summed E-state index contributed by atoms with van der Waals surface area (Å²) in [6, 6.07) is 8.24. The van der Waals surface area contributed by atoms with Gasteiger partial charge in [-0.2, -0.15) is 0 Å². The molecule has 1 aliphatic rings. The molecular weight excluding hydrogens is 300 g/mol. The third-order valence-electron chi connectivity index (χ3n) is 4.77. The van der Waals surface area contributed by atoms with E-state index >= 15 is 0 Å². The van der Waals surface area contributed by atoms with Crippen LogP contribution in [0.2, 0.25) is 0 Å². The Morgan fingerprint density at radius 3 is 3.00 bits per heavy atom. The van der Waals surface area contributed by atoms with E-state index in [-0.39, 0.29) is 5.91 Å². The first-order valence-corrected chi connectivity index (χ1v) is 8.83. The maximum Gasteiger partial charge on any atom is 0.226 e. The predicted octanol–water partition coefficient (Wildman–Crippen LogP) is 2.98. The number of ether oxygens (including phenoxy) is 1. The minimum atomic E-state index is 0.163. The van der Waals surface area contributed by atoms with Gasteiger partial charge in [0, 0.05) is 33.1 Å². The SMILES string of the molecule is C=CCC(=O)N(C)C[C@@H]1CCCN(CCc2ccccc2OC)C1. The number of carbonyl (C=O) groups is 1. The number of likely N-dealkylation sites (tertiary alicyclic amines) is 1. The Morgan fingerprint density at radius 2 is 2.25 bits per heavy atom. The molecule has 1 atom stereocenters. The zero-order chi connectivity index (χ0) is 17.4. The standard InChI is InChI=1S/C20H30N2O2/c1-4-8-20(23)21(2)15-17-9-7-13-22(16-17)14-12-18-10-5-6-11-19(18)24-3/h4-6,10-11,17H,1,7-9,12-16H2,2-3H3/t17-/m0/s1. The Morgan fingerprint density at radius 1 is 1.46 bits per heavy atom. The first kappa shape index (κ1) is 18.5. The molecule has 0 aliphatic carbocycles. The van der Waals surface area contributed by atoms with Gasteiger partial charge < -0.3 is 14.5 Å². The van der Waals surface area contributed by atoms with Crippen LogP contribution in [0.3, 0.4) is 0 Å². The molecule has 132 valence electrons. The summed E-state index contributed by atoms with van der Waals surface area (Å²) in [6.45, 7) is 7.75. The van der Waals surface area contributed by atoms with Crippen molar-refractivity contribution in [3.63, 3.8) is 0 Å². The van der Waals surface area contributed by atoms with E-state index in [0.29, 0.717) is 12.3 Å². The van der Waals surface area contributed by atoms with Crippen LogP contribution in [0.5, 0.6) is 5.75 Å². The van der Waals surface area contributed by atoms with Crippen molar-refractivity contribution in [3.8, 4) is 5.75 Å². The number of methoxy groups -OCH3 is 1. The molecule has 1 aromatic carbocycles. The number of benzene rings is 1. The summed E-state index contributed by atoms with van der Waals surface area (Å²) in [6.07, 6.45) is 5.53. The van der Waals surface area contributed by atoms with E-state index in [0.717, 1.165) is 38.3 Å². The number of para-hydroxylation sites is 1. The second-order valence-corrected chi connectivity index (χ2v) is 6.64. The van der Waals surface area contributed by atoms with Crippen molar-refractivity contribution in [1.29, 1.82) is 0 Å². The predicted molar refractivity (Wildman–Crippen MR) is 98.3 cm³/mol. The minimum Gasteiger partial charge on any atom is -0.496 e. The van der Waals surface area contributed by atoms with E-state index < -0.39 is 0 Å². The number of hydrogen-bond acceptors (Lipinski definition) is 3. The lowest BCUT2D eigenvalue weighted by Crippen LogP contribution is -2.42. The van der Waals surface area contributed by atoms with Gasteiger partial charge in [-0.25, -0.2) is 0 Å². The number of nitrogens with zero attached hydrogens (tertiary/aromatic N) is 2. The molecule has 0 saturated carbocycles. The number of carbonyl (C=O) groups excluding carboxylic acids is 1. The highest BCUT2D eigenvalue weighted by atomic mass is 16.5. The van der Waals surface area contributed by atoms with E-state index in [9.17, 15) is 4.79 Å². The Kier molecular flexibility index (Phi) is 7.32. The summed E-state index contributed by atoms with van der Waals surface area (Å²) in [5.41, 5.74) is 1.26. The van der Waals surface area contributed by atoms with Gasteiger partial charge >= 0.3 is 0 Å². The summed E-state index contributed by atoms with van der Waals surface area (Å²) in [5.74, 6) is 1.70. The second-order valence-electron chi connectivity index (χ2n) is 6.64. The van der Waals surface area contributed by atoms with Crippen LogP contribution in [0.1, 0.15) is 24.8 Å². The Balaban J connectivity index is 1.82. The van der Waals surface area contributed by atoms with Crippen molar-refractivity contribution in [1.82, 2.24) is 9.80 Å². The average molecular weight is 330 g/mol. The van der Waals surface area contributed by atoms with Crippen LogP contribution in [0.25, 0.3) is 0 Å². The van der Waals surface area contributed by atoms with Crippen LogP contribution in [0.15, 0.2) is 36.9 Å². The normalized spacial score (nSPS) is 18.2. The molecular formula is C20H30N2O2. The molecule has 0 radical (unpaired) electrons. The highest BCUT2D eigenvalue weighted by molar-refractivity contribution is 5.77. The molecule has 1 heterocycles. The largest absolute Gasteiger partial charge is 0.496 e. The first-order chi connectivity index (χ1) is 11.6. The molecule has 24 heavy (non-hydrogen) atoms. The Hall–Kier alpha value is -1.81. The molecule has 4 nitrogen and oxygen atoms in total.